The van der Waals surface area contributed by atoms with Gasteiger partial charge in [-0.1, -0.05) is 13.3 Å². The molecule has 0 saturated carbocycles. The van der Waals surface area contributed by atoms with Crippen molar-refractivity contribution in [1.82, 2.24) is 10.6 Å². The first kappa shape index (κ1) is 15.7. The average Bonchev–Trinajstić information content (AvgIpc) is 2.66. The molecular weight excluding hydrogens is 272 g/mol. The number of rotatable bonds is 6. The van der Waals surface area contributed by atoms with Crippen LogP contribution in [0.1, 0.15) is 26.2 Å². The smallest absolute Gasteiger partial charge is 0.326 e. The summed E-state index contributed by atoms with van der Waals surface area (Å²) in [7, 11) is -2.95. The maximum absolute atomic E-state index is 11.5. The van der Waals surface area contributed by atoms with Gasteiger partial charge in [0.1, 0.15) is 6.04 Å². The van der Waals surface area contributed by atoms with E-state index >= 15 is 0 Å². The van der Waals surface area contributed by atoms with Gasteiger partial charge in [-0.2, -0.15) is 0 Å². The van der Waals surface area contributed by atoms with Crippen LogP contribution in [0.25, 0.3) is 0 Å². The van der Waals surface area contributed by atoms with E-state index in [-0.39, 0.29) is 24.0 Å². The number of urea groups is 1. The molecule has 8 heteroatoms. The SMILES string of the molecule is CCC[C@@H](NC(=O)NCC1CCS(=O)(=O)C1)C(=O)O. The molecule has 0 aromatic rings. The van der Waals surface area contributed by atoms with E-state index in [4.69, 9.17) is 5.11 Å². The molecule has 1 rings (SSSR count). The fraction of sp³-hybridized carbons (Fsp3) is 0.818. The largest absolute Gasteiger partial charge is 0.480 e. The molecule has 0 aromatic heterocycles. The van der Waals surface area contributed by atoms with Gasteiger partial charge in [-0.3, -0.25) is 0 Å². The fourth-order valence-corrected chi connectivity index (χ4v) is 3.89. The minimum absolute atomic E-state index is 0.0785. The first-order chi connectivity index (χ1) is 8.84. The number of sulfone groups is 1. The zero-order valence-electron chi connectivity index (χ0n) is 10.9. The molecule has 0 spiro atoms. The third-order valence-corrected chi connectivity index (χ3v) is 4.90. The summed E-state index contributed by atoms with van der Waals surface area (Å²) in [5.41, 5.74) is 0. The van der Waals surface area contributed by atoms with Gasteiger partial charge >= 0.3 is 12.0 Å². The predicted molar refractivity (Wildman–Crippen MR) is 69.6 cm³/mol. The third-order valence-electron chi connectivity index (χ3n) is 3.06. The van der Waals surface area contributed by atoms with Gasteiger partial charge in [0, 0.05) is 6.54 Å². The Morgan fingerprint density at radius 1 is 1.42 bits per heavy atom. The normalized spacial score (nSPS) is 22.7. The summed E-state index contributed by atoms with van der Waals surface area (Å²) in [5, 5.41) is 13.8. The second-order valence-electron chi connectivity index (χ2n) is 4.80. The van der Waals surface area contributed by atoms with Crippen LogP contribution in [-0.4, -0.2) is 49.6 Å². The number of hydrogen-bond donors (Lipinski definition) is 3. The van der Waals surface area contributed by atoms with Crippen molar-refractivity contribution in [3.63, 3.8) is 0 Å². The lowest BCUT2D eigenvalue weighted by molar-refractivity contribution is -0.139. The summed E-state index contributed by atoms with van der Waals surface area (Å²) in [6, 6.07) is -1.47. The van der Waals surface area contributed by atoms with Crippen molar-refractivity contribution in [2.24, 2.45) is 5.92 Å². The molecule has 0 bridgehead atoms. The molecule has 0 aliphatic carbocycles. The number of aliphatic carboxylic acids is 1. The van der Waals surface area contributed by atoms with Crippen molar-refractivity contribution >= 4 is 21.8 Å². The maximum atomic E-state index is 11.5. The lowest BCUT2D eigenvalue weighted by Crippen LogP contribution is -2.47. The van der Waals surface area contributed by atoms with E-state index in [1.54, 1.807) is 0 Å². The molecule has 2 atom stereocenters. The van der Waals surface area contributed by atoms with E-state index < -0.39 is 27.9 Å². The third kappa shape index (κ3) is 5.46. The molecule has 1 fully saturated rings. The first-order valence-electron chi connectivity index (χ1n) is 6.31. The standard InChI is InChI=1S/C11H20N2O5S/c1-2-3-9(10(14)15)13-11(16)12-6-8-4-5-19(17,18)7-8/h8-9H,2-7H2,1H3,(H,14,15)(H2,12,13,16)/t8?,9-/m1/s1. The molecule has 2 amide bonds. The Bertz CT molecular complexity index is 434. The van der Waals surface area contributed by atoms with Gasteiger partial charge in [-0.15, -0.1) is 0 Å². The molecule has 1 heterocycles. The Kier molecular flexibility index (Phi) is 5.59. The van der Waals surface area contributed by atoms with E-state index in [1.807, 2.05) is 6.92 Å². The van der Waals surface area contributed by atoms with Gasteiger partial charge in [-0.05, 0) is 18.8 Å². The van der Waals surface area contributed by atoms with Crippen LogP contribution in [0.3, 0.4) is 0 Å². The van der Waals surface area contributed by atoms with Crippen LogP contribution in [0.2, 0.25) is 0 Å². The van der Waals surface area contributed by atoms with Gasteiger partial charge < -0.3 is 15.7 Å². The summed E-state index contributed by atoms with van der Waals surface area (Å²) in [6.45, 7) is 2.09. The topological polar surface area (TPSA) is 113 Å². The molecule has 1 aliphatic heterocycles. The van der Waals surface area contributed by atoms with Crippen molar-refractivity contribution in [2.45, 2.75) is 32.2 Å². The maximum Gasteiger partial charge on any atom is 0.326 e. The highest BCUT2D eigenvalue weighted by atomic mass is 32.2. The Balaban J connectivity index is 2.33. The fourth-order valence-electron chi connectivity index (χ4n) is 2.03. The number of amides is 2. The highest BCUT2D eigenvalue weighted by molar-refractivity contribution is 7.91. The molecule has 7 nitrogen and oxygen atoms in total. The number of carbonyl (C=O) groups excluding carboxylic acids is 1. The van der Waals surface area contributed by atoms with E-state index in [0.717, 1.165) is 0 Å². The molecule has 1 aliphatic rings. The Labute approximate surface area is 112 Å². The number of carboxylic acid groups (broad SMARTS) is 1. The van der Waals surface area contributed by atoms with Crippen LogP contribution in [0.15, 0.2) is 0 Å². The molecule has 1 unspecified atom stereocenters. The summed E-state index contributed by atoms with van der Waals surface area (Å²) < 4.78 is 22.5. The van der Waals surface area contributed by atoms with E-state index in [2.05, 4.69) is 10.6 Å². The van der Waals surface area contributed by atoms with Crippen molar-refractivity contribution in [1.29, 1.82) is 0 Å². The Morgan fingerprint density at radius 3 is 2.58 bits per heavy atom. The van der Waals surface area contributed by atoms with E-state index in [0.29, 0.717) is 19.3 Å². The molecule has 3 N–H and O–H groups in total. The van der Waals surface area contributed by atoms with Gasteiger partial charge in [-0.25, -0.2) is 18.0 Å². The van der Waals surface area contributed by atoms with Crippen LogP contribution >= 0.6 is 0 Å². The molecule has 110 valence electrons. The lowest BCUT2D eigenvalue weighted by atomic mass is 10.1. The van der Waals surface area contributed by atoms with Gasteiger partial charge in [0.2, 0.25) is 0 Å². The number of nitrogens with one attached hydrogen (secondary N) is 2. The number of carboxylic acids is 1. The summed E-state index contributed by atoms with van der Waals surface area (Å²) in [4.78, 5) is 22.4. The van der Waals surface area contributed by atoms with Gasteiger partial charge in [0.05, 0.1) is 11.5 Å². The van der Waals surface area contributed by atoms with Crippen molar-refractivity contribution in [3.05, 3.63) is 0 Å². The highest BCUT2D eigenvalue weighted by Gasteiger charge is 2.28. The van der Waals surface area contributed by atoms with Crippen LogP contribution < -0.4 is 10.6 Å². The van der Waals surface area contributed by atoms with Crippen molar-refractivity contribution in [3.8, 4) is 0 Å². The predicted octanol–water partition coefficient (Wildman–Crippen LogP) is -0.0264. The van der Waals surface area contributed by atoms with Crippen LogP contribution in [0.4, 0.5) is 4.79 Å². The first-order valence-corrected chi connectivity index (χ1v) is 8.13. The Hall–Kier alpha value is -1.31. The quantitative estimate of drug-likeness (QED) is 0.636. The second kappa shape index (κ2) is 6.74. The summed E-state index contributed by atoms with van der Waals surface area (Å²) in [5.74, 6) is -0.898. The van der Waals surface area contributed by atoms with Gasteiger partial charge in [0.25, 0.3) is 0 Å². The van der Waals surface area contributed by atoms with Crippen LogP contribution in [0, 0.1) is 5.92 Å². The summed E-state index contributed by atoms with van der Waals surface area (Å²) in [6.07, 6.45) is 1.55. The van der Waals surface area contributed by atoms with Crippen LogP contribution in [-0.2, 0) is 14.6 Å². The van der Waals surface area contributed by atoms with Crippen molar-refractivity contribution in [2.75, 3.05) is 18.1 Å². The monoisotopic (exact) mass is 292 g/mol. The average molecular weight is 292 g/mol. The van der Waals surface area contributed by atoms with Crippen molar-refractivity contribution < 1.29 is 23.1 Å². The molecule has 0 radical (unpaired) electrons. The minimum atomic E-state index is -2.95. The zero-order valence-corrected chi connectivity index (χ0v) is 11.7. The lowest BCUT2D eigenvalue weighted by Gasteiger charge is -2.15. The van der Waals surface area contributed by atoms with E-state index in [1.165, 1.54) is 0 Å². The molecule has 19 heavy (non-hydrogen) atoms. The zero-order chi connectivity index (χ0) is 14.5. The molecular formula is C11H20N2O5S. The second-order valence-corrected chi connectivity index (χ2v) is 7.03. The Morgan fingerprint density at radius 2 is 2.11 bits per heavy atom. The number of carbonyl (C=O) groups is 2. The van der Waals surface area contributed by atoms with Gasteiger partial charge in [0.15, 0.2) is 9.84 Å². The number of hydrogen-bond acceptors (Lipinski definition) is 4. The molecule has 0 aromatic carbocycles. The molecule has 1 saturated heterocycles. The highest BCUT2D eigenvalue weighted by Crippen LogP contribution is 2.17. The summed E-state index contributed by atoms with van der Waals surface area (Å²) >= 11 is 0. The van der Waals surface area contributed by atoms with E-state index in [9.17, 15) is 18.0 Å². The minimum Gasteiger partial charge on any atom is -0.480 e. The van der Waals surface area contributed by atoms with Crippen LogP contribution in [0.5, 0.6) is 0 Å².